The summed E-state index contributed by atoms with van der Waals surface area (Å²) in [6.45, 7) is 2.27. The number of likely N-dealkylation sites (tertiary alicyclic amines) is 1. The Labute approximate surface area is 114 Å². The van der Waals surface area contributed by atoms with Crippen molar-refractivity contribution in [2.45, 2.75) is 6.92 Å². The lowest BCUT2D eigenvalue weighted by Gasteiger charge is -2.41. The van der Waals surface area contributed by atoms with Crippen LogP contribution in [0.15, 0.2) is 12.3 Å². The molecule has 1 amide bonds. The summed E-state index contributed by atoms with van der Waals surface area (Å²) < 4.78 is 13.0. The Kier molecular flexibility index (Phi) is 3.71. The van der Waals surface area contributed by atoms with Gasteiger partial charge in [0.2, 0.25) is 0 Å². The van der Waals surface area contributed by atoms with Gasteiger partial charge in [0.1, 0.15) is 11.0 Å². The first-order valence-electron chi connectivity index (χ1n) is 5.73. The van der Waals surface area contributed by atoms with E-state index < -0.39 is 23.6 Å². The molecule has 0 saturated carbocycles. The molecule has 2 rings (SSSR count). The minimum atomic E-state index is -0.887. The van der Waals surface area contributed by atoms with Crippen LogP contribution in [0.4, 0.5) is 4.39 Å². The van der Waals surface area contributed by atoms with E-state index in [-0.39, 0.29) is 16.6 Å². The molecule has 1 aromatic rings. The fourth-order valence-electron chi connectivity index (χ4n) is 1.94. The standard InChI is InChI=1S/C12H12ClFN2O3/c1-6(12(18)19)7-4-16(5-7)11(17)9-2-8(14)3-15-10(9)13/h2-3,6-7H,4-5H2,1H3,(H,18,19). The minimum Gasteiger partial charge on any atom is -0.481 e. The lowest BCUT2D eigenvalue weighted by atomic mass is 9.87. The first-order valence-corrected chi connectivity index (χ1v) is 6.11. The van der Waals surface area contributed by atoms with Gasteiger partial charge in [-0.3, -0.25) is 9.59 Å². The number of amides is 1. The molecule has 2 heterocycles. The third kappa shape index (κ3) is 2.68. The van der Waals surface area contributed by atoms with Gasteiger partial charge in [-0.1, -0.05) is 18.5 Å². The molecule has 102 valence electrons. The van der Waals surface area contributed by atoms with E-state index in [1.165, 1.54) is 4.90 Å². The smallest absolute Gasteiger partial charge is 0.306 e. The summed E-state index contributed by atoms with van der Waals surface area (Å²) in [4.78, 5) is 27.8. The summed E-state index contributed by atoms with van der Waals surface area (Å²) in [5.41, 5.74) is 0.00287. The lowest BCUT2D eigenvalue weighted by Crippen LogP contribution is -2.53. The van der Waals surface area contributed by atoms with Crippen molar-refractivity contribution in [3.63, 3.8) is 0 Å². The lowest BCUT2D eigenvalue weighted by molar-refractivity contribution is -0.144. The SMILES string of the molecule is CC(C(=O)O)C1CN(C(=O)c2cc(F)cnc2Cl)C1. The quantitative estimate of drug-likeness (QED) is 0.858. The van der Waals surface area contributed by atoms with Gasteiger partial charge < -0.3 is 10.0 Å². The zero-order valence-corrected chi connectivity index (χ0v) is 10.9. The van der Waals surface area contributed by atoms with Crippen molar-refractivity contribution in [3.8, 4) is 0 Å². The summed E-state index contributed by atoms with van der Waals surface area (Å²) >= 11 is 5.75. The first-order chi connectivity index (χ1) is 8.90. The van der Waals surface area contributed by atoms with Crippen molar-refractivity contribution in [2.75, 3.05) is 13.1 Å². The molecule has 0 aliphatic carbocycles. The Balaban J connectivity index is 2.04. The molecular weight excluding hydrogens is 275 g/mol. The highest BCUT2D eigenvalue weighted by molar-refractivity contribution is 6.32. The Morgan fingerprint density at radius 1 is 1.58 bits per heavy atom. The number of carboxylic acid groups (broad SMARTS) is 1. The summed E-state index contributed by atoms with van der Waals surface area (Å²) in [5.74, 6) is -2.54. The Hall–Kier alpha value is -1.69. The highest BCUT2D eigenvalue weighted by Crippen LogP contribution is 2.27. The zero-order chi connectivity index (χ0) is 14.2. The molecule has 1 N–H and O–H groups in total. The second-order valence-electron chi connectivity index (χ2n) is 4.59. The van der Waals surface area contributed by atoms with Crippen molar-refractivity contribution in [1.82, 2.24) is 9.88 Å². The molecule has 19 heavy (non-hydrogen) atoms. The van der Waals surface area contributed by atoms with Crippen molar-refractivity contribution in [3.05, 3.63) is 28.8 Å². The number of aromatic nitrogens is 1. The van der Waals surface area contributed by atoms with Crippen LogP contribution >= 0.6 is 11.6 Å². The van der Waals surface area contributed by atoms with Gasteiger partial charge in [0.15, 0.2) is 0 Å². The second-order valence-corrected chi connectivity index (χ2v) is 4.95. The third-order valence-corrected chi connectivity index (χ3v) is 3.63. The van der Waals surface area contributed by atoms with Crippen LogP contribution in [0, 0.1) is 17.7 Å². The molecule has 1 atom stereocenters. The number of carbonyl (C=O) groups is 2. The number of carbonyl (C=O) groups excluding carboxylic acids is 1. The Bertz CT molecular complexity index is 532. The first kappa shape index (κ1) is 13.7. The Morgan fingerprint density at radius 3 is 2.79 bits per heavy atom. The van der Waals surface area contributed by atoms with Gasteiger partial charge in [-0.25, -0.2) is 9.37 Å². The van der Waals surface area contributed by atoms with Gasteiger partial charge in [0.05, 0.1) is 17.7 Å². The average Bonchev–Trinajstić information content (AvgIpc) is 2.29. The summed E-state index contributed by atoms with van der Waals surface area (Å²) in [6.07, 6.45) is 0.935. The predicted molar refractivity (Wildman–Crippen MR) is 65.4 cm³/mol. The van der Waals surface area contributed by atoms with Gasteiger partial charge >= 0.3 is 5.97 Å². The molecule has 1 unspecified atom stereocenters. The molecule has 1 aromatic heterocycles. The van der Waals surface area contributed by atoms with Crippen molar-refractivity contribution >= 4 is 23.5 Å². The molecule has 0 spiro atoms. The third-order valence-electron chi connectivity index (χ3n) is 3.33. The largest absolute Gasteiger partial charge is 0.481 e. The molecule has 1 aliphatic heterocycles. The molecule has 0 bridgehead atoms. The maximum Gasteiger partial charge on any atom is 0.306 e. The normalized spacial score (nSPS) is 16.9. The van der Waals surface area contributed by atoms with E-state index in [9.17, 15) is 14.0 Å². The number of hydrogen-bond acceptors (Lipinski definition) is 3. The molecule has 5 nitrogen and oxygen atoms in total. The van der Waals surface area contributed by atoms with Crippen molar-refractivity contribution in [2.24, 2.45) is 11.8 Å². The summed E-state index contributed by atoms with van der Waals surface area (Å²) in [7, 11) is 0. The molecule has 0 radical (unpaired) electrons. The van der Waals surface area contributed by atoms with E-state index in [0.717, 1.165) is 12.3 Å². The number of pyridine rings is 1. The van der Waals surface area contributed by atoms with Crippen molar-refractivity contribution in [1.29, 1.82) is 0 Å². The van der Waals surface area contributed by atoms with Crippen LogP contribution in [0.3, 0.4) is 0 Å². The molecule has 1 saturated heterocycles. The number of hydrogen-bond donors (Lipinski definition) is 1. The zero-order valence-electron chi connectivity index (χ0n) is 10.1. The monoisotopic (exact) mass is 286 g/mol. The predicted octanol–water partition coefficient (Wildman–Crippen LogP) is 1.67. The number of carboxylic acids is 1. The summed E-state index contributed by atoms with van der Waals surface area (Å²) in [5, 5.41) is 8.80. The number of aliphatic carboxylic acids is 1. The topological polar surface area (TPSA) is 70.5 Å². The maximum atomic E-state index is 13.0. The fourth-order valence-corrected chi connectivity index (χ4v) is 2.12. The fraction of sp³-hybridized carbons (Fsp3) is 0.417. The molecule has 1 aliphatic rings. The van der Waals surface area contributed by atoms with Gasteiger partial charge in [-0.2, -0.15) is 0 Å². The van der Waals surface area contributed by atoms with Crippen LogP contribution in [-0.4, -0.2) is 40.0 Å². The van der Waals surface area contributed by atoms with Crippen LogP contribution in [-0.2, 0) is 4.79 Å². The highest BCUT2D eigenvalue weighted by atomic mass is 35.5. The van der Waals surface area contributed by atoms with E-state index in [1.54, 1.807) is 6.92 Å². The Morgan fingerprint density at radius 2 is 2.21 bits per heavy atom. The van der Waals surface area contributed by atoms with Crippen LogP contribution in [0.1, 0.15) is 17.3 Å². The molecule has 1 fully saturated rings. The minimum absolute atomic E-state index is 0.00287. The van der Waals surface area contributed by atoms with E-state index in [0.29, 0.717) is 13.1 Å². The van der Waals surface area contributed by atoms with Gasteiger partial charge in [-0.05, 0) is 6.07 Å². The van der Waals surface area contributed by atoms with Crippen LogP contribution in [0.25, 0.3) is 0 Å². The second kappa shape index (κ2) is 5.13. The number of rotatable bonds is 3. The van der Waals surface area contributed by atoms with Gasteiger partial charge in [0, 0.05) is 19.0 Å². The highest BCUT2D eigenvalue weighted by Gasteiger charge is 2.38. The van der Waals surface area contributed by atoms with Crippen LogP contribution in [0.5, 0.6) is 0 Å². The van der Waals surface area contributed by atoms with E-state index in [4.69, 9.17) is 16.7 Å². The molecular formula is C12H12ClFN2O3. The maximum absolute atomic E-state index is 13.0. The van der Waals surface area contributed by atoms with E-state index in [2.05, 4.69) is 4.98 Å². The van der Waals surface area contributed by atoms with Gasteiger partial charge in [-0.15, -0.1) is 0 Å². The van der Waals surface area contributed by atoms with E-state index >= 15 is 0 Å². The average molecular weight is 287 g/mol. The molecule has 7 heteroatoms. The van der Waals surface area contributed by atoms with E-state index in [1.807, 2.05) is 0 Å². The molecule has 0 aromatic carbocycles. The van der Waals surface area contributed by atoms with Crippen LogP contribution < -0.4 is 0 Å². The van der Waals surface area contributed by atoms with Gasteiger partial charge in [0.25, 0.3) is 5.91 Å². The number of halogens is 2. The van der Waals surface area contributed by atoms with Crippen molar-refractivity contribution < 1.29 is 19.1 Å². The summed E-state index contributed by atoms with van der Waals surface area (Å²) in [6, 6.07) is 1.03. The van der Waals surface area contributed by atoms with Crippen LogP contribution in [0.2, 0.25) is 5.15 Å². The number of nitrogens with zero attached hydrogens (tertiary/aromatic N) is 2.